The van der Waals surface area contributed by atoms with E-state index < -0.39 is 5.63 Å². The maximum absolute atomic E-state index is 12.0. The summed E-state index contributed by atoms with van der Waals surface area (Å²) in [5.74, 6) is -0.198. The molecule has 1 N–H and O–H groups in total. The van der Waals surface area contributed by atoms with Gasteiger partial charge in [0.25, 0.3) is 0 Å². The normalized spacial score (nSPS) is 10.7. The van der Waals surface area contributed by atoms with Crippen LogP contribution in [0.25, 0.3) is 22.2 Å². The van der Waals surface area contributed by atoms with Crippen molar-refractivity contribution in [3.63, 3.8) is 0 Å². The first kappa shape index (κ1) is 12.6. The Bertz CT molecular complexity index is 851. The average Bonchev–Trinajstić information content (AvgIpc) is 2.85. The fourth-order valence-corrected chi connectivity index (χ4v) is 2.60. The van der Waals surface area contributed by atoms with E-state index in [-0.39, 0.29) is 5.91 Å². The lowest BCUT2D eigenvalue weighted by atomic mass is 10.1. The van der Waals surface area contributed by atoms with E-state index in [9.17, 15) is 9.59 Å². The third-order valence-electron chi connectivity index (χ3n) is 2.70. The molecule has 0 bridgehead atoms. The Morgan fingerprint density at radius 3 is 2.95 bits per heavy atom. The monoisotopic (exact) mass is 286 g/mol. The van der Waals surface area contributed by atoms with Gasteiger partial charge in [0.15, 0.2) is 5.13 Å². The maximum atomic E-state index is 12.0. The SMILES string of the molecule is CC(=O)Nc1nc(-c2cc3ccccc3oc2=O)cs1. The summed E-state index contributed by atoms with van der Waals surface area (Å²) < 4.78 is 5.26. The van der Waals surface area contributed by atoms with Crippen LogP contribution in [-0.4, -0.2) is 10.9 Å². The average molecular weight is 286 g/mol. The van der Waals surface area contributed by atoms with E-state index >= 15 is 0 Å². The van der Waals surface area contributed by atoms with Crippen LogP contribution >= 0.6 is 11.3 Å². The Labute approximate surface area is 117 Å². The summed E-state index contributed by atoms with van der Waals surface area (Å²) in [5, 5.41) is 5.59. The molecule has 0 unspecified atom stereocenters. The first-order valence-corrected chi connectivity index (χ1v) is 6.78. The number of para-hydroxylation sites is 1. The van der Waals surface area contributed by atoms with Crippen molar-refractivity contribution in [3.8, 4) is 11.3 Å². The molecule has 2 aromatic heterocycles. The van der Waals surface area contributed by atoms with Gasteiger partial charge in [0.1, 0.15) is 5.58 Å². The van der Waals surface area contributed by atoms with Crippen LogP contribution in [0.5, 0.6) is 0 Å². The number of hydrogen-bond acceptors (Lipinski definition) is 5. The van der Waals surface area contributed by atoms with Crippen molar-refractivity contribution in [2.24, 2.45) is 0 Å². The highest BCUT2D eigenvalue weighted by Gasteiger charge is 2.11. The summed E-state index contributed by atoms with van der Waals surface area (Å²) >= 11 is 1.26. The third kappa shape index (κ3) is 2.33. The second kappa shape index (κ2) is 4.90. The van der Waals surface area contributed by atoms with E-state index in [0.29, 0.717) is 22.0 Å². The standard InChI is InChI=1S/C14H10N2O3S/c1-8(17)15-14-16-11(7-20-14)10-6-9-4-2-3-5-12(9)19-13(10)18/h2-7H,1H3,(H,15,16,17). The molecule has 1 amide bonds. The summed E-state index contributed by atoms with van der Waals surface area (Å²) in [6, 6.07) is 9.03. The minimum atomic E-state index is -0.441. The minimum absolute atomic E-state index is 0.198. The van der Waals surface area contributed by atoms with Crippen molar-refractivity contribution < 1.29 is 9.21 Å². The Hall–Kier alpha value is -2.47. The van der Waals surface area contributed by atoms with Gasteiger partial charge < -0.3 is 9.73 Å². The number of carbonyl (C=O) groups is 1. The van der Waals surface area contributed by atoms with Crippen LogP contribution in [0, 0.1) is 0 Å². The maximum Gasteiger partial charge on any atom is 0.345 e. The lowest BCUT2D eigenvalue weighted by Crippen LogP contribution is -2.06. The van der Waals surface area contributed by atoms with E-state index in [0.717, 1.165) is 5.39 Å². The van der Waals surface area contributed by atoms with Crippen LogP contribution in [0.3, 0.4) is 0 Å². The number of amides is 1. The number of anilines is 1. The van der Waals surface area contributed by atoms with Gasteiger partial charge in [-0.1, -0.05) is 18.2 Å². The van der Waals surface area contributed by atoms with Crippen LogP contribution in [0.2, 0.25) is 0 Å². The Morgan fingerprint density at radius 1 is 1.35 bits per heavy atom. The summed E-state index contributed by atoms with van der Waals surface area (Å²) in [5.41, 5.74) is 0.983. The Morgan fingerprint density at radius 2 is 2.15 bits per heavy atom. The molecule has 1 aromatic carbocycles. The van der Waals surface area contributed by atoms with E-state index in [1.165, 1.54) is 18.3 Å². The van der Waals surface area contributed by atoms with E-state index in [2.05, 4.69) is 10.3 Å². The predicted octanol–water partition coefficient (Wildman–Crippen LogP) is 2.87. The van der Waals surface area contributed by atoms with E-state index in [1.807, 2.05) is 18.2 Å². The van der Waals surface area contributed by atoms with Gasteiger partial charge in [-0.05, 0) is 12.1 Å². The first-order chi connectivity index (χ1) is 9.63. The van der Waals surface area contributed by atoms with Crippen LogP contribution in [0.15, 0.2) is 44.9 Å². The molecule has 2 heterocycles. The third-order valence-corrected chi connectivity index (χ3v) is 3.46. The molecule has 5 nitrogen and oxygen atoms in total. The van der Waals surface area contributed by atoms with Crippen LogP contribution in [0.1, 0.15) is 6.92 Å². The molecule has 0 saturated carbocycles. The van der Waals surface area contributed by atoms with Gasteiger partial charge in [-0.25, -0.2) is 9.78 Å². The highest BCUT2D eigenvalue weighted by atomic mass is 32.1. The number of rotatable bonds is 2. The molecular formula is C14H10N2O3S. The molecule has 0 fully saturated rings. The molecule has 100 valence electrons. The smallest absolute Gasteiger partial charge is 0.345 e. The van der Waals surface area contributed by atoms with Crippen molar-refractivity contribution >= 4 is 33.3 Å². The number of nitrogens with one attached hydrogen (secondary N) is 1. The highest BCUT2D eigenvalue weighted by Crippen LogP contribution is 2.25. The first-order valence-electron chi connectivity index (χ1n) is 5.90. The molecular weight excluding hydrogens is 276 g/mol. The van der Waals surface area contributed by atoms with Crippen LogP contribution in [-0.2, 0) is 4.79 Å². The Balaban J connectivity index is 2.09. The molecule has 0 aliphatic carbocycles. The summed E-state index contributed by atoms with van der Waals surface area (Å²) in [7, 11) is 0. The van der Waals surface area contributed by atoms with Gasteiger partial charge in [0.2, 0.25) is 5.91 Å². The quantitative estimate of drug-likeness (QED) is 0.735. The fraction of sp³-hybridized carbons (Fsp3) is 0.0714. The molecule has 0 saturated heterocycles. The van der Waals surface area contributed by atoms with Gasteiger partial charge >= 0.3 is 5.63 Å². The number of thiazole rings is 1. The zero-order chi connectivity index (χ0) is 14.1. The number of fused-ring (bicyclic) bond motifs is 1. The van der Waals surface area contributed by atoms with Crippen LogP contribution < -0.4 is 10.9 Å². The molecule has 3 rings (SSSR count). The molecule has 20 heavy (non-hydrogen) atoms. The minimum Gasteiger partial charge on any atom is -0.422 e. The van der Waals surface area contributed by atoms with Crippen molar-refractivity contribution in [3.05, 3.63) is 46.1 Å². The highest BCUT2D eigenvalue weighted by molar-refractivity contribution is 7.14. The molecule has 3 aromatic rings. The molecule has 0 aliphatic rings. The van der Waals surface area contributed by atoms with E-state index in [4.69, 9.17) is 4.42 Å². The Kier molecular flexibility index (Phi) is 3.08. The lowest BCUT2D eigenvalue weighted by Gasteiger charge is -1.99. The molecule has 6 heteroatoms. The van der Waals surface area contributed by atoms with Crippen molar-refractivity contribution in [2.75, 3.05) is 5.32 Å². The number of carbonyl (C=O) groups excluding carboxylic acids is 1. The van der Waals surface area contributed by atoms with Gasteiger partial charge in [-0.2, -0.15) is 0 Å². The van der Waals surface area contributed by atoms with Crippen molar-refractivity contribution in [1.82, 2.24) is 4.98 Å². The zero-order valence-electron chi connectivity index (χ0n) is 10.5. The van der Waals surface area contributed by atoms with Crippen molar-refractivity contribution in [1.29, 1.82) is 0 Å². The summed E-state index contributed by atoms with van der Waals surface area (Å²) in [4.78, 5) is 27.2. The number of nitrogens with zero attached hydrogens (tertiary/aromatic N) is 1. The predicted molar refractivity (Wildman–Crippen MR) is 77.9 cm³/mol. The molecule has 0 aliphatic heterocycles. The topological polar surface area (TPSA) is 72.2 Å². The van der Waals surface area contributed by atoms with Gasteiger partial charge in [0.05, 0.1) is 11.3 Å². The summed E-state index contributed by atoms with van der Waals surface area (Å²) in [6.45, 7) is 1.41. The number of hydrogen-bond donors (Lipinski definition) is 1. The molecule has 0 radical (unpaired) electrons. The van der Waals surface area contributed by atoms with Crippen LogP contribution in [0.4, 0.5) is 5.13 Å². The lowest BCUT2D eigenvalue weighted by molar-refractivity contribution is -0.114. The zero-order valence-corrected chi connectivity index (χ0v) is 11.4. The largest absolute Gasteiger partial charge is 0.422 e. The van der Waals surface area contributed by atoms with Gasteiger partial charge in [-0.15, -0.1) is 11.3 Å². The second-order valence-corrected chi connectivity index (χ2v) is 5.06. The van der Waals surface area contributed by atoms with Gasteiger partial charge in [0, 0.05) is 17.7 Å². The van der Waals surface area contributed by atoms with Gasteiger partial charge in [-0.3, -0.25) is 4.79 Å². The molecule has 0 atom stereocenters. The summed E-state index contributed by atoms with van der Waals surface area (Å²) in [6.07, 6.45) is 0. The van der Waals surface area contributed by atoms with E-state index in [1.54, 1.807) is 17.5 Å². The molecule has 0 spiro atoms. The number of aromatic nitrogens is 1. The second-order valence-electron chi connectivity index (χ2n) is 4.20. The van der Waals surface area contributed by atoms with Crippen molar-refractivity contribution in [2.45, 2.75) is 6.92 Å². The fourth-order valence-electron chi connectivity index (χ4n) is 1.85. The number of benzene rings is 1.